The number of halogens is 2. The van der Waals surface area contributed by atoms with Gasteiger partial charge >= 0.3 is 0 Å². The van der Waals surface area contributed by atoms with Crippen LogP contribution >= 0.6 is 27.5 Å². The second kappa shape index (κ2) is 5.19. The van der Waals surface area contributed by atoms with Gasteiger partial charge in [-0.25, -0.2) is 0 Å². The smallest absolute Gasteiger partial charge is 0.119 e. The van der Waals surface area contributed by atoms with Gasteiger partial charge in [-0.1, -0.05) is 34.0 Å². The van der Waals surface area contributed by atoms with Crippen LogP contribution in [0.15, 0.2) is 12.1 Å². The quantitative estimate of drug-likeness (QED) is 0.718. The molecule has 0 unspecified atom stereocenters. The summed E-state index contributed by atoms with van der Waals surface area (Å²) >= 11 is 9.74. The Morgan fingerprint density at radius 2 is 1.88 bits per heavy atom. The van der Waals surface area contributed by atoms with E-state index in [1.54, 1.807) is 0 Å². The van der Waals surface area contributed by atoms with E-state index >= 15 is 0 Å². The zero-order chi connectivity index (χ0) is 12.5. The van der Waals surface area contributed by atoms with Gasteiger partial charge in [-0.3, -0.25) is 0 Å². The van der Waals surface area contributed by atoms with Crippen molar-refractivity contribution < 1.29 is 4.74 Å². The van der Waals surface area contributed by atoms with Gasteiger partial charge in [0, 0.05) is 15.8 Å². The lowest BCUT2D eigenvalue weighted by Gasteiger charge is -2.40. The lowest BCUT2D eigenvalue weighted by molar-refractivity contribution is 0.0838. The highest BCUT2D eigenvalue weighted by atomic mass is 79.9. The topological polar surface area (TPSA) is 9.23 Å². The van der Waals surface area contributed by atoms with Gasteiger partial charge in [-0.05, 0) is 49.9 Å². The number of rotatable bonds is 4. The van der Waals surface area contributed by atoms with E-state index in [1.807, 2.05) is 26.0 Å². The molecule has 17 heavy (non-hydrogen) atoms. The van der Waals surface area contributed by atoms with Crippen molar-refractivity contribution in [3.05, 3.63) is 28.3 Å². The van der Waals surface area contributed by atoms with Gasteiger partial charge in [-0.15, -0.1) is 0 Å². The first-order valence-electron chi connectivity index (χ1n) is 6.02. The summed E-state index contributed by atoms with van der Waals surface area (Å²) in [7, 11) is 0. The van der Waals surface area contributed by atoms with Gasteiger partial charge in [0.1, 0.15) is 5.75 Å². The van der Waals surface area contributed by atoms with Crippen LogP contribution in [-0.4, -0.2) is 11.9 Å². The van der Waals surface area contributed by atoms with Crippen molar-refractivity contribution in [3.63, 3.8) is 0 Å². The molecule has 0 aromatic heterocycles. The third-order valence-corrected chi connectivity index (χ3v) is 5.44. The van der Waals surface area contributed by atoms with E-state index in [9.17, 15) is 0 Å². The number of hydrogen-bond acceptors (Lipinski definition) is 1. The number of ether oxygens (including phenoxy) is 1. The molecule has 1 aromatic carbocycles. The Kier molecular flexibility index (Phi) is 4.04. The maximum Gasteiger partial charge on any atom is 0.119 e. The number of benzene rings is 1. The average Bonchev–Trinajstić information content (AvgIpc) is 2.25. The summed E-state index contributed by atoms with van der Waals surface area (Å²) < 4.78 is 5.93. The fourth-order valence-corrected chi connectivity index (χ4v) is 3.05. The van der Waals surface area contributed by atoms with Crippen LogP contribution in [0.4, 0.5) is 0 Å². The molecule has 0 saturated heterocycles. The van der Waals surface area contributed by atoms with Crippen molar-refractivity contribution >= 4 is 27.5 Å². The van der Waals surface area contributed by atoms with Crippen LogP contribution in [0, 0.1) is 19.3 Å². The van der Waals surface area contributed by atoms with Gasteiger partial charge in [0.2, 0.25) is 0 Å². The SMILES string of the molecule is Cc1cc(OCC2(CBr)CCC2)cc(C)c1Cl. The summed E-state index contributed by atoms with van der Waals surface area (Å²) in [5.74, 6) is 0.941. The van der Waals surface area contributed by atoms with E-state index in [0.717, 1.165) is 33.8 Å². The fourth-order valence-electron chi connectivity index (χ4n) is 2.22. The minimum Gasteiger partial charge on any atom is -0.493 e. The molecule has 0 spiro atoms. The monoisotopic (exact) mass is 316 g/mol. The zero-order valence-electron chi connectivity index (χ0n) is 10.4. The Bertz CT molecular complexity index is 384. The third-order valence-electron chi connectivity index (χ3n) is 3.65. The summed E-state index contributed by atoms with van der Waals surface area (Å²) in [5.41, 5.74) is 2.54. The molecular formula is C14H18BrClO. The van der Waals surface area contributed by atoms with Gasteiger partial charge in [0.15, 0.2) is 0 Å². The van der Waals surface area contributed by atoms with Crippen molar-refractivity contribution in [2.24, 2.45) is 5.41 Å². The van der Waals surface area contributed by atoms with E-state index in [1.165, 1.54) is 19.3 Å². The van der Waals surface area contributed by atoms with Gasteiger partial charge in [0.25, 0.3) is 0 Å². The van der Waals surface area contributed by atoms with Gasteiger partial charge in [-0.2, -0.15) is 0 Å². The first-order chi connectivity index (χ1) is 8.06. The molecule has 2 rings (SSSR count). The summed E-state index contributed by atoms with van der Waals surface area (Å²) in [5, 5.41) is 1.88. The molecule has 1 nitrogen and oxygen atoms in total. The summed E-state index contributed by atoms with van der Waals surface area (Å²) in [6.07, 6.45) is 3.86. The summed E-state index contributed by atoms with van der Waals surface area (Å²) in [6.45, 7) is 4.84. The largest absolute Gasteiger partial charge is 0.493 e. The predicted octanol–water partition coefficient (Wildman–Crippen LogP) is 4.90. The minimum absolute atomic E-state index is 0.363. The number of alkyl halides is 1. The molecule has 0 amide bonds. The van der Waals surface area contributed by atoms with E-state index in [2.05, 4.69) is 15.9 Å². The molecule has 0 radical (unpaired) electrons. The Labute approximate surface area is 117 Å². The van der Waals surface area contributed by atoms with E-state index < -0.39 is 0 Å². The van der Waals surface area contributed by atoms with Crippen LogP contribution in [0.2, 0.25) is 5.02 Å². The standard InChI is InChI=1S/C14H18BrClO/c1-10-6-12(7-11(2)13(10)16)17-9-14(8-15)4-3-5-14/h6-7H,3-5,8-9H2,1-2H3. The van der Waals surface area contributed by atoms with E-state index in [0.29, 0.717) is 5.41 Å². The van der Waals surface area contributed by atoms with Crippen LogP contribution in [0.25, 0.3) is 0 Å². The van der Waals surface area contributed by atoms with Crippen molar-refractivity contribution in [3.8, 4) is 5.75 Å². The first-order valence-corrected chi connectivity index (χ1v) is 7.52. The van der Waals surface area contributed by atoms with Crippen LogP contribution in [0.3, 0.4) is 0 Å². The molecular weight excluding hydrogens is 300 g/mol. The molecule has 94 valence electrons. The molecule has 0 atom stereocenters. The minimum atomic E-state index is 0.363. The molecule has 0 heterocycles. The second-order valence-electron chi connectivity index (χ2n) is 5.15. The van der Waals surface area contributed by atoms with E-state index in [4.69, 9.17) is 16.3 Å². The van der Waals surface area contributed by atoms with Crippen molar-refractivity contribution in [1.29, 1.82) is 0 Å². The highest BCUT2D eigenvalue weighted by Gasteiger charge is 2.36. The van der Waals surface area contributed by atoms with Crippen LogP contribution in [-0.2, 0) is 0 Å². The van der Waals surface area contributed by atoms with Crippen LogP contribution in [0.1, 0.15) is 30.4 Å². The fraction of sp³-hybridized carbons (Fsp3) is 0.571. The predicted molar refractivity (Wildman–Crippen MR) is 76.5 cm³/mol. The van der Waals surface area contributed by atoms with Gasteiger partial charge in [0.05, 0.1) is 6.61 Å². The summed E-state index contributed by atoms with van der Waals surface area (Å²) in [6, 6.07) is 4.05. The average molecular weight is 318 g/mol. The second-order valence-corrected chi connectivity index (χ2v) is 6.09. The van der Waals surface area contributed by atoms with Gasteiger partial charge < -0.3 is 4.74 Å². The summed E-state index contributed by atoms with van der Waals surface area (Å²) in [4.78, 5) is 0. The molecule has 0 N–H and O–H groups in total. The zero-order valence-corrected chi connectivity index (χ0v) is 12.7. The van der Waals surface area contributed by atoms with E-state index in [-0.39, 0.29) is 0 Å². The Hall–Kier alpha value is -0.210. The molecule has 0 bridgehead atoms. The first kappa shape index (κ1) is 13.2. The highest BCUT2D eigenvalue weighted by Crippen LogP contribution is 2.42. The lowest BCUT2D eigenvalue weighted by atomic mass is 9.71. The third kappa shape index (κ3) is 2.79. The van der Waals surface area contributed by atoms with Crippen molar-refractivity contribution in [2.45, 2.75) is 33.1 Å². The Balaban J connectivity index is 2.04. The van der Waals surface area contributed by atoms with Crippen LogP contribution < -0.4 is 4.74 Å². The molecule has 1 aromatic rings. The lowest BCUT2D eigenvalue weighted by Crippen LogP contribution is -2.37. The molecule has 1 aliphatic rings. The maximum absolute atomic E-state index is 6.14. The maximum atomic E-state index is 6.14. The Morgan fingerprint density at radius 3 is 2.29 bits per heavy atom. The van der Waals surface area contributed by atoms with Crippen molar-refractivity contribution in [2.75, 3.05) is 11.9 Å². The molecule has 0 aliphatic heterocycles. The molecule has 1 saturated carbocycles. The number of hydrogen-bond donors (Lipinski definition) is 0. The highest BCUT2D eigenvalue weighted by molar-refractivity contribution is 9.09. The molecule has 1 aliphatic carbocycles. The number of aryl methyl sites for hydroxylation is 2. The molecule has 1 fully saturated rings. The normalized spacial score (nSPS) is 17.6. The van der Waals surface area contributed by atoms with Crippen LogP contribution in [0.5, 0.6) is 5.75 Å². The molecule has 3 heteroatoms. The Morgan fingerprint density at radius 1 is 1.29 bits per heavy atom. The van der Waals surface area contributed by atoms with Crippen molar-refractivity contribution in [1.82, 2.24) is 0 Å².